The number of sulfonamides is 1. The van der Waals surface area contributed by atoms with Gasteiger partial charge < -0.3 is 9.88 Å². The van der Waals surface area contributed by atoms with Gasteiger partial charge in [-0.15, -0.1) is 11.3 Å². The van der Waals surface area contributed by atoms with Crippen LogP contribution in [0.15, 0.2) is 77.0 Å². The Morgan fingerprint density at radius 3 is 2.43 bits per heavy atom. The molecule has 2 aromatic carbocycles. The number of rotatable bonds is 5. The summed E-state index contributed by atoms with van der Waals surface area (Å²) in [6, 6.07) is 19.6. The summed E-state index contributed by atoms with van der Waals surface area (Å²) in [7, 11) is -3.77. The number of thiophene rings is 1. The highest BCUT2D eigenvalue weighted by Crippen LogP contribution is 2.27. The Morgan fingerprint density at radius 2 is 1.75 bits per heavy atom. The van der Waals surface area contributed by atoms with Gasteiger partial charge in [-0.3, -0.25) is 4.79 Å². The molecular weight excluding hydrogens is 394 g/mol. The van der Waals surface area contributed by atoms with Gasteiger partial charge >= 0.3 is 0 Å². The number of carbonyl (C=O) groups excluding carboxylic acids is 1. The fraction of sp³-hybridized carbons (Fsp3) is 0.0500. The number of carbonyl (C=O) groups is 1. The molecule has 142 valence electrons. The minimum absolute atomic E-state index is 0.00142. The van der Waals surface area contributed by atoms with Crippen LogP contribution in [0.3, 0.4) is 0 Å². The largest absolute Gasteiger partial charge is 0.331 e. The first kappa shape index (κ1) is 18.4. The first-order valence-electron chi connectivity index (χ1n) is 8.47. The van der Waals surface area contributed by atoms with Crippen LogP contribution in [-0.4, -0.2) is 18.9 Å². The average Bonchev–Trinajstić information content (AvgIpc) is 3.25. The predicted molar refractivity (Wildman–Crippen MR) is 111 cm³/mol. The predicted octanol–water partition coefficient (Wildman–Crippen LogP) is 3.65. The summed E-state index contributed by atoms with van der Waals surface area (Å²) >= 11 is 1.58. The van der Waals surface area contributed by atoms with Gasteiger partial charge in [-0.2, -0.15) is 0 Å². The molecule has 0 bridgehead atoms. The third-order valence-corrected chi connectivity index (χ3v) is 6.16. The SMILES string of the molecule is NS(=O)(=O)c1ccc(NC(=O)c2cc3sccc3n2Cc2ccccc2)cc1. The molecule has 0 radical (unpaired) electrons. The lowest BCUT2D eigenvalue weighted by Crippen LogP contribution is -2.18. The van der Waals surface area contributed by atoms with Crippen molar-refractivity contribution >= 4 is 43.2 Å². The Morgan fingerprint density at radius 1 is 1.04 bits per heavy atom. The van der Waals surface area contributed by atoms with Gasteiger partial charge in [0.2, 0.25) is 10.0 Å². The normalized spacial score (nSPS) is 11.6. The molecule has 1 amide bonds. The fourth-order valence-electron chi connectivity index (χ4n) is 3.02. The van der Waals surface area contributed by atoms with Crippen LogP contribution in [0.1, 0.15) is 16.1 Å². The van der Waals surface area contributed by atoms with Crippen molar-refractivity contribution in [3.05, 3.63) is 83.4 Å². The zero-order valence-electron chi connectivity index (χ0n) is 14.7. The van der Waals surface area contributed by atoms with Crippen molar-refractivity contribution < 1.29 is 13.2 Å². The minimum Gasteiger partial charge on any atom is -0.331 e. The molecule has 0 unspecified atom stereocenters. The van der Waals surface area contributed by atoms with Crippen LogP contribution in [0.2, 0.25) is 0 Å². The second-order valence-corrected chi connectivity index (χ2v) is 8.80. The van der Waals surface area contributed by atoms with Crippen LogP contribution in [0.25, 0.3) is 10.2 Å². The standard InChI is InChI=1S/C20H17N3O3S2/c21-28(25,26)16-8-6-15(7-9-16)22-20(24)18-12-19-17(10-11-27-19)23(18)13-14-4-2-1-3-5-14/h1-12H,13H2,(H,22,24)(H2,21,25,26). The molecule has 0 saturated heterocycles. The molecule has 0 aliphatic carbocycles. The smallest absolute Gasteiger partial charge is 0.272 e. The third kappa shape index (κ3) is 3.70. The molecular formula is C20H17N3O3S2. The van der Waals surface area contributed by atoms with Crippen molar-refractivity contribution in [2.75, 3.05) is 5.32 Å². The summed E-state index contributed by atoms with van der Waals surface area (Å²) < 4.78 is 25.7. The van der Waals surface area contributed by atoms with E-state index in [0.717, 1.165) is 15.8 Å². The highest BCUT2D eigenvalue weighted by molar-refractivity contribution is 7.89. The van der Waals surface area contributed by atoms with Gasteiger partial charge in [0.05, 0.1) is 15.1 Å². The lowest BCUT2D eigenvalue weighted by molar-refractivity contribution is 0.101. The number of nitrogens with zero attached hydrogens (tertiary/aromatic N) is 1. The average molecular weight is 412 g/mol. The number of benzene rings is 2. The number of nitrogens with one attached hydrogen (secondary N) is 1. The number of fused-ring (bicyclic) bond motifs is 1. The van der Waals surface area contributed by atoms with Gasteiger partial charge in [0, 0.05) is 12.2 Å². The van der Waals surface area contributed by atoms with Crippen molar-refractivity contribution in [1.29, 1.82) is 0 Å². The monoisotopic (exact) mass is 411 g/mol. The number of amides is 1. The number of hydrogen-bond acceptors (Lipinski definition) is 4. The second-order valence-electron chi connectivity index (χ2n) is 6.29. The summed E-state index contributed by atoms with van der Waals surface area (Å²) in [6.07, 6.45) is 0. The molecule has 0 fully saturated rings. The summed E-state index contributed by atoms with van der Waals surface area (Å²) in [5.41, 5.74) is 3.13. The van der Waals surface area contributed by atoms with E-state index >= 15 is 0 Å². The Kier molecular flexibility index (Phi) is 4.76. The summed E-state index contributed by atoms with van der Waals surface area (Å²) in [5, 5.41) is 9.93. The zero-order valence-corrected chi connectivity index (χ0v) is 16.3. The van der Waals surface area contributed by atoms with E-state index < -0.39 is 10.0 Å². The molecule has 6 nitrogen and oxygen atoms in total. The third-order valence-electron chi connectivity index (χ3n) is 4.38. The fourth-order valence-corrected chi connectivity index (χ4v) is 4.36. The molecule has 0 atom stereocenters. The molecule has 2 aromatic heterocycles. The van der Waals surface area contributed by atoms with E-state index in [-0.39, 0.29) is 10.8 Å². The van der Waals surface area contributed by atoms with Crippen molar-refractivity contribution in [2.45, 2.75) is 11.4 Å². The van der Waals surface area contributed by atoms with Crippen molar-refractivity contribution in [3.8, 4) is 0 Å². The first-order chi connectivity index (χ1) is 13.4. The quantitative estimate of drug-likeness (QED) is 0.525. The maximum absolute atomic E-state index is 12.9. The molecule has 0 saturated carbocycles. The molecule has 4 aromatic rings. The highest BCUT2D eigenvalue weighted by Gasteiger charge is 2.17. The number of hydrogen-bond donors (Lipinski definition) is 2. The van der Waals surface area contributed by atoms with Crippen LogP contribution in [-0.2, 0) is 16.6 Å². The first-order valence-corrected chi connectivity index (χ1v) is 10.9. The van der Waals surface area contributed by atoms with Gasteiger partial charge in [-0.05, 0) is 47.3 Å². The number of aromatic nitrogens is 1. The van der Waals surface area contributed by atoms with E-state index in [2.05, 4.69) is 5.32 Å². The number of anilines is 1. The van der Waals surface area contributed by atoms with E-state index in [1.165, 1.54) is 24.3 Å². The molecule has 4 rings (SSSR count). The summed E-state index contributed by atoms with van der Waals surface area (Å²) in [4.78, 5) is 12.9. The maximum atomic E-state index is 12.9. The van der Waals surface area contributed by atoms with Gasteiger partial charge in [0.25, 0.3) is 5.91 Å². The van der Waals surface area contributed by atoms with Crippen LogP contribution in [0.4, 0.5) is 5.69 Å². The molecule has 0 aliphatic heterocycles. The van der Waals surface area contributed by atoms with Crippen LogP contribution < -0.4 is 10.5 Å². The molecule has 0 aliphatic rings. The van der Waals surface area contributed by atoms with Crippen molar-refractivity contribution in [1.82, 2.24) is 4.57 Å². The lowest BCUT2D eigenvalue weighted by atomic mass is 10.2. The molecule has 28 heavy (non-hydrogen) atoms. The molecule has 2 heterocycles. The van der Waals surface area contributed by atoms with Gasteiger partial charge in [-0.25, -0.2) is 13.6 Å². The maximum Gasteiger partial charge on any atom is 0.272 e. The topological polar surface area (TPSA) is 94.2 Å². The Labute approximate surface area is 166 Å². The van der Waals surface area contributed by atoms with E-state index in [1.54, 1.807) is 11.3 Å². The second kappa shape index (κ2) is 7.23. The lowest BCUT2D eigenvalue weighted by Gasteiger charge is -2.11. The highest BCUT2D eigenvalue weighted by atomic mass is 32.2. The Bertz CT molecular complexity index is 1240. The van der Waals surface area contributed by atoms with E-state index in [9.17, 15) is 13.2 Å². The van der Waals surface area contributed by atoms with Crippen molar-refractivity contribution in [3.63, 3.8) is 0 Å². The van der Waals surface area contributed by atoms with Crippen molar-refractivity contribution in [2.24, 2.45) is 5.14 Å². The molecule has 8 heteroatoms. The Balaban J connectivity index is 1.64. The van der Waals surface area contributed by atoms with Crippen LogP contribution >= 0.6 is 11.3 Å². The zero-order chi connectivity index (χ0) is 19.7. The summed E-state index contributed by atoms with van der Waals surface area (Å²) in [6.45, 7) is 0.578. The van der Waals surface area contributed by atoms with Crippen LogP contribution in [0.5, 0.6) is 0 Å². The number of primary sulfonamides is 1. The van der Waals surface area contributed by atoms with Gasteiger partial charge in [-0.1, -0.05) is 30.3 Å². The number of nitrogens with two attached hydrogens (primary N) is 1. The molecule has 0 spiro atoms. The Hall–Kier alpha value is -2.94. The van der Waals surface area contributed by atoms with E-state index in [0.29, 0.717) is 17.9 Å². The minimum atomic E-state index is -3.77. The van der Waals surface area contributed by atoms with Crippen LogP contribution in [0, 0.1) is 0 Å². The van der Waals surface area contributed by atoms with Gasteiger partial charge in [0.15, 0.2) is 0 Å². The van der Waals surface area contributed by atoms with E-state index in [1.807, 2.05) is 52.4 Å². The van der Waals surface area contributed by atoms with Gasteiger partial charge in [0.1, 0.15) is 5.69 Å². The van der Waals surface area contributed by atoms with E-state index in [4.69, 9.17) is 5.14 Å². The molecule has 3 N–H and O–H groups in total. The summed E-state index contributed by atoms with van der Waals surface area (Å²) in [5.74, 6) is -0.261.